The first-order valence-corrected chi connectivity index (χ1v) is 38.8. The fourth-order valence-electron chi connectivity index (χ4n) is 10.1. The number of rotatable bonds is 67. The van der Waals surface area contributed by atoms with Crippen LogP contribution in [0.25, 0.3) is 0 Å². The highest BCUT2D eigenvalue weighted by molar-refractivity contribution is 7.47. The number of phosphoric acid groups is 2. The van der Waals surface area contributed by atoms with Crippen molar-refractivity contribution in [3.63, 3.8) is 0 Å². The molecule has 0 rings (SSSR count). The van der Waals surface area contributed by atoms with E-state index >= 15 is 0 Å². The van der Waals surface area contributed by atoms with Crippen LogP contribution in [0.2, 0.25) is 0 Å². The normalized spacial score (nSPS) is 14.3. The van der Waals surface area contributed by atoms with Crippen molar-refractivity contribution < 1.29 is 80.2 Å². The molecule has 0 aromatic heterocycles. The van der Waals surface area contributed by atoms with Gasteiger partial charge in [0.25, 0.3) is 0 Å². The van der Waals surface area contributed by atoms with Crippen molar-refractivity contribution in [1.82, 2.24) is 0 Å². The van der Waals surface area contributed by atoms with Crippen LogP contribution in [0.3, 0.4) is 0 Å². The van der Waals surface area contributed by atoms with Crippen molar-refractivity contribution in [1.29, 1.82) is 0 Å². The maximum absolute atomic E-state index is 13.0. The topological polar surface area (TPSA) is 237 Å². The van der Waals surface area contributed by atoms with E-state index in [9.17, 15) is 43.2 Å². The Hall–Kier alpha value is -2.46. The van der Waals surface area contributed by atoms with Crippen LogP contribution < -0.4 is 0 Å². The Morgan fingerprint density at radius 3 is 0.921 bits per heavy atom. The molecule has 524 valence electrons. The lowest BCUT2D eigenvalue weighted by Crippen LogP contribution is -2.30. The molecule has 0 fully saturated rings. The van der Waals surface area contributed by atoms with Crippen molar-refractivity contribution in [2.45, 2.75) is 349 Å². The largest absolute Gasteiger partial charge is 0.472 e. The van der Waals surface area contributed by atoms with Crippen LogP contribution in [-0.4, -0.2) is 96.7 Å². The number of phosphoric ester groups is 2. The van der Waals surface area contributed by atoms with Crippen molar-refractivity contribution in [2.24, 2.45) is 11.8 Å². The van der Waals surface area contributed by atoms with Gasteiger partial charge in [-0.3, -0.25) is 37.3 Å². The molecule has 0 amide bonds. The maximum atomic E-state index is 13.0. The van der Waals surface area contributed by atoms with Crippen molar-refractivity contribution in [2.75, 3.05) is 39.6 Å². The van der Waals surface area contributed by atoms with E-state index in [0.29, 0.717) is 25.7 Å². The van der Waals surface area contributed by atoms with Gasteiger partial charge in [-0.2, -0.15) is 0 Å². The predicted octanol–water partition coefficient (Wildman–Crippen LogP) is 19.5. The van der Waals surface area contributed by atoms with E-state index in [0.717, 1.165) is 115 Å². The number of carbonyl (C=O) groups is 4. The number of unbranched alkanes of at least 4 members (excludes halogenated alkanes) is 34. The molecule has 0 aromatic rings. The summed E-state index contributed by atoms with van der Waals surface area (Å²) in [6, 6.07) is 0. The average molecular weight is 1310 g/mol. The number of aliphatic hydroxyl groups is 1. The fourth-order valence-corrected chi connectivity index (χ4v) is 11.6. The van der Waals surface area contributed by atoms with Gasteiger partial charge in [0.1, 0.15) is 19.3 Å². The Balaban J connectivity index is 5.29. The molecule has 3 N–H and O–H groups in total. The second kappa shape index (κ2) is 61.7. The summed E-state index contributed by atoms with van der Waals surface area (Å²) in [4.78, 5) is 72.5. The van der Waals surface area contributed by atoms with Crippen LogP contribution in [0.4, 0.5) is 0 Å². The number of esters is 4. The molecule has 5 atom stereocenters. The number of carbonyl (C=O) groups excluding carboxylic acids is 4. The smallest absolute Gasteiger partial charge is 0.462 e. The summed E-state index contributed by atoms with van der Waals surface area (Å²) < 4.78 is 68.2. The van der Waals surface area contributed by atoms with Gasteiger partial charge in [-0.25, -0.2) is 9.13 Å². The molecule has 0 aliphatic heterocycles. The minimum Gasteiger partial charge on any atom is -0.462 e. The fraction of sp³-hybridized carbons (Fsp3) is 0.886. The molecule has 0 heterocycles. The highest BCUT2D eigenvalue weighted by Gasteiger charge is 2.30. The maximum Gasteiger partial charge on any atom is 0.472 e. The molecule has 89 heavy (non-hydrogen) atoms. The summed E-state index contributed by atoms with van der Waals surface area (Å²) in [5.41, 5.74) is 0. The molecular weight excluding hydrogens is 1170 g/mol. The van der Waals surface area contributed by atoms with E-state index in [2.05, 4.69) is 65.8 Å². The minimum absolute atomic E-state index is 0.0846. The third-order valence-electron chi connectivity index (χ3n) is 15.6. The van der Waals surface area contributed by atoms with Gasteiger partial charge < -0.3 is 33.8 Å². The zero-order valence-corrected chi connectivity index (χ0v) is 59.0. The molecular formula is C70H132O17P2. The molecule has 2 unspecified atom stereocenters. The van der Waals surface area contributed by atoms with Crippen LogP contribution in [-0.2, 0) is 65.4 Å². The summed E-state index contributed by atoms with van der Waals surface area (Å²) in [7, 11) is -9.91. The number of aliphatic hydroxyl groups excluding tert-OH is 1. The van der Waals surface area contributed by atoms with Gasteiger partial charge in [0.2, 0.25) is 0 Å². The Labute approximate surface area is 542 Å². The average Bonchev–Trinajstić information content (AvgIpc) is 3.63. The van der Waals surface area contributed by atoms with Gasteiger partial charge in [0, 0.05) is 25.7 Å². The Kier molecular flexibility index (Phi) is 60.0. The highest BCUT2D eigenvalue weighted by Crippen LogP contribution is 2.45. The highest BCUT2D eigenvalue weighted by atomic mass is 31.2. The first-order valence-electron chi connectivity index (χ1n) is 35.8. The van der Waals surface area contributed by atoms with E-state index in [4.69, 9.17) is 37.0 Å². The molecule has 0 aliphatic carbocycles. The molecule has 0 radical (unpaired) electrons. The first-order chi connectivity index (χ1) is 42.9. The molecule has 17 nitrogen and oxygen atoms in total. The Bertz CT molecular complexity index is 1830. The lowest BCUT2D eigenvalue weighted by molar-refractivity contribution is -0.161. The van der Waals surface area contributed by atoms with Gasteiger partial charge in [0.05, 0.1) is 26.4 Å². The van der Waals surface area contributed by atoms with Gasteiger partial charge in [-0.15, -0.1) is 0 Å². The molecule has 0 spiro atoms. The number of hydrogen-bond donors (Lipinski definition) is 3. The molecule has 0 saturated heterocycles. The second-order valence-corrected chi connectivity index (χ2v) is 28.4. The van der Waals surface area contributed by atoms with E-state index < -0.39 is 97.5 Å². The van der Waals surface area contributed by atoms with Crippen molar-refractivity contribution in [3.05, 3.63) is 24.3 Å². The molecule has 0 aromatic carbocycles. The van der Waals surface area contributed by atoms with Crippen LogP contribution in [0.15, 0.2) is 24.3 Å². The van der Waals surface area contributed by atoms with Crippen LogP contribution >= 0.6 is 15.6 Å². The monoisotopic (exact) mass is 1310 g/mol. The molecule has 0 bridgehead atoms. The number of ether oxygens (including phenoxy) is 4. The summed E-state index contributed by atoms with van der Waals surface area (Å²) in [6.45, 7) is 9.42. The van der Waals surface area contributed by atoms with E-state index in [1.165, 1.54) is 135 Å². The summed E-state index contributed by atoms with van der Waals surface area (Å²) in [5, 5.41) is 10.6. The Morgan fingerprint density at radius 2 is 0.607 bits per heavy atom. The van der Waals surface area contributed by atoms with E-state index in [-0.39, 0.29) is 25.7 Å². The second-order valence-electron chi connectivity index (χ2n) is 25.5. The van der Waals surface area contributed by atoms with Gasteiger partial charge in [0.15, 0.2) is 12.2 Å². The lowest BCUT2D eigenvalue weighted by atomic mass is 10.0. The van der Waals surface area contributed by atoms with Gasteiger partial charge in [-0.05, 0) is 63.2 Å². The standard InChI is InChI=1S/C70H132O17P2/c1-7-9-11-13-15-17-19-20-21-22-23-29-36-42-48-54-69(74)86-65(58-81-68(73)53-47-41-35-28-25-24-26-32-38-44-50-62(3)4)60-84-88(76,77)82-56-64(71)57-83-89(78,79)85-61-66(59-80-67(72)52-46-40-34-27-18-16-14-12-10-8-2)87-70(75)55-49-43-37-31-30-33-39-45-51-63(5)6/h17,19-21,62-66,71H,7-16,18,22-61H2,1-6H3,(H,76,77)(H,78,79)/b19-17-,21-20-/t64-,65-,66-/m1/s1. The first kappa shape index (κ1) is 86.5. The number of allylic oxidation sites excluding steroid dienone is 4. The SMILES string of the molecule is CCCCCC/C=C\C=C/CCCCCCCC(=O)O[C@H](COC(=O)CCCCCCCCCCCCC(C)C)COP(=O)(O)OC[C@@H](O)COP(=O)(O)OC[C@@H](COC(=O)CCCCCCCCCCCC)OC(=O)CCCCCCCCCCC(C)C. The predicted molar refractivity (Wildman–Crippen MR) is 358 cm³/mol. The quantitative estimate of drug-likeness (QED) is 0.0169. The third-order valence-corrected chi connectivity index (χ3v) is 17.5. The van der Waals surface area contributed by atoms with Gasteiger partial charge in [-0.1, -0.05) is 278 Å². The van der Waals surface area contributed by atoms with Crippen LogP contribution in [0, 0.1) is 11.8 Å². The minimum atomic E-state index is -4.96. The van der Waals surface area contributed by atoms with Crippen LogP contribution in [0.5, 0.6) is 0 Å². The summed E-state index contributed by atoms with van der Waals surface area (Å²) in [5.74, 6) is -0.684. The van der Waals surface area contributed by atoms with Gasteiger partial charge >= 0.3 is 39.5 Å². The summed E-state index contributed by atoms with van der Waals surface area (Å²) >= 11 is 0. The van der Waals surface area contributed by atoms with E-state index in [1.807, 2.05) is 0 Å². The molecule has 0 saturated carbocycles. The van der Waals surface area contributed by atoms with Crippen molar-refractivity contribution in [3.8, 4) is 0 Å². The third kappa shape index (κ3) is 64.1. The molecule has 0 aliphatic rings. The van der Waals surface area contributed by atoms with E-state index in [1.54, 1.807) is 0 Å². The summed E-state index contributed by atoms with van der Waals surface area (Å²) in [6.07, 6.45) is 49.4. The Morgan fingerprint density at radius 1 is 0.348 bits per heavy atom. The van der Waals surface area contributed by atoms with Crippen LogP contribution in [0.1, 0.15) is 330 Å². The van der Waals surface area contributed by atoms with Crippen molar-refractivity contribution >= 4 is 39.5 Å². The molecule has 19 heteroatoms. The lowest BCUT2D eigenvalue weighted by Gasteiger charge is -2.21. The zero-order chi connectivity index (χ0) is 65.7. The zero-order valence-electron chi connectivity index (χ0n) is 57.2. The number of hydrogen-bond acceptors (Lipinski definition) is 15.